The van der Waals surface area contributed by atoms with Crippen LogP contribution in [0.2, 0.25) is 0 Å². The predicted molar refractivity (Wildman–Crippen MR) is 66.9 cm³/mol. The van der Waals surface area contributed by atoms with E-state index in [4.69, 9.17) is 0 Å². The Morgan fingerprint density at radius 3 is 2.12 bits per heavy atom. The van der Waals surface area contributed by atoms with Crippen LogP contribution in [0.1, 0.15) is 18.9 Å². The molecule has 96 valence electrons. The van der Waals surface area contributed by atoms with Crippen molar-refractivity contribution in [3.63, 3.8) is 0 Å². The highest BCUT2D eigenvalue weighted by molar-refractivity contribution is 7.86. The second-order valence-electron chi connectivity index (χ2n) is 4.55. The lowest BCUT2D eigenvalue weighted by Crippen LogP contribution is -2.44. The fraction of sp³-hybridized carbons (Fsp3) is 0.636. The monoisotopic (exact) mass is 257 g/mol. The van der Waals surface area contributed by atoms with Gasteiger partial charge in [-0.15, -0.1) is 0 Å². The van der Waals surface area contributed by atoms with Gasteiger partial charge in [-0.25, -0.2) is 0 Å². The smallest absolute Gasteiger partial charge is 0.281 e. The van der Waals surface area contributed by atoms with E-state index < -0.39 is 10.2 Å². The van der Waals surface area contributed by atoms with Crippen molar-refractivity contribution in [2.75, 3.05) is 27.2 Å². The molecule has 0 atom stereocenters. The van der Waals surface area contributed by atoms with Crippen LogP contribution in [0.3, 0.4) is 0 Å². The van der Waals surface area contributed by atoms with E-state index in [1.54, 1.807) is 18.4 Å². The maximum atomic E-state index is 11.9. The van der Waals surface area contributed by atoms with E-state index in [0.717, 1.165) is 12.8 Å². The maximum absolute atomic E-state index is 11.9. The van der Waals surface area contributed by atoms with Gasteiger partial charge in [0, 0.05) is 45.6 Å². The highest BCUT2D eigenvalue weighted by Gasteiger charge is 2.29. The number of hydrogen-bond donors (Lipinski definition) is 0. The summed E-state index contributed by atoms with van der Waals surface area (Å²) in [4.78, 5) is 0. The number of nitrogens with zero attached hydrogens (tertiary/aromatic N) is 3. The van der Waals surface area contributed by atoms with E-state index >= 15 is 0 Å². The minimum atomic E-state index is -3.23. The molecule has 1 fully saturated rings. The summed E-state index contributed by atoms with van der Waals surface area (Å²) in [6, 6.07) is 4.44. The van der Waals surface area contributed by atoms with Gasteiger partial charge in [-0.1, -0.05) is 0 Å². The van der Waals surface area contributed by atoms with E-state index in [-0.39, 0.29) is 0 Å². The molecular weight excluding hydrogens is 238 g/mol. The molecule has 1 aromatic heterocycles. The Bertz CT molecular complexity index is 445. The fourth-order valence-corrected chi connectivity index (χ4v) is 3.33. The van der Waals surface area contributed by atoms with Gasteiger partial charge in [-0.05, 0) is 25.0 Å². The zero-order valence-corrected chi connectivity index (χ0v) is 11.1. The molecule has 0 spiro atoms. The first-order valence-electron chi connectivity index (χ1n) is 5.82. The molecule has 2 heterocycles. The van der Waals surface area contributed by atoms with Crippen LogP contribution in [-0.2, 0) is 10.2 Å². The lowest BCUT2D eigenvalue weighted by Gasteiger charge is -2.33. The highest BCUT2D eigenvalue weighted by atomic mass is 32.2. The number of rotatable bonds is 3. The molecule has 1 aliphatic rings. The molecule has 0 amide bonds. The van der Waals surface area contributed by atoms with Gasteiger partial charge in [0.1, 0.15) is 0 Å². The van der Waals surface area contributed by atoms with Gasteiger partial charge in [-0.2, -0.15) is 17.0 Å². The summed E-state index contributed by atoms with van der Waals surface area (Å²) < 4.78 is 28.9. The second kappa shape index (κ2) is 4.80. The van der Waals surface area contributed by atoms with E-state index in [2.05, 4.69) is 4.57 Å². The summed E-state index contributed by atoms with van der Waals surface area (Å²) in [7, 11) is -0.0813. The van der Waals surface area contributed by atoms with E-state index in [1.165, 1.54) is 4.31 Å². The SMILES string of the molecule is CN(C)S(=O)(=O)N1CCC(n2cccc2)CC1. The van der Waals surface area contributed by atoms with Crippen molar-refractivity contribution < 1.29 is 8.42 Å². The minimum Gasteiger partial charge on any atom is -0.351 e. The Morgan fingerprint density at radius 1 is 1.12 bits per heavy atom. The topological polar surface area (TPSA) is 45.6 Å². The van der Waals surface area contributed by atoms with Crippen molar-refractivity contribution in [2.24, 2.45) is 0 Å². The molecule has 6 heteroatoms. The predicted octanol–water partition coefficient (Wildman–Crippen LogP) is 0.931. The van der Waals surface area contributed by atoms with Gasteiger partial charge >= 0.3 is 0 Å². The molecule has 1 aliphatic heterocycles. The first-order chi connectivity index (χ1) is 8.01. The molecule has 0 bridgehead atoms. The summed E-state index contributed by atoms with van der Waals surface area (Å²) in [5.74, 6) is 0. The van der Waals surface area contributed by atoms with Crippen molar-refractivity contribution >= 4 is 10.2 Å². The molecule has 5 nitrogen and oxygen atoms in total. The Hall–Kier alpha value is -0.850. The minimum absolute atomic E-state index is 0.429. The van der Waals surface area contributed by atoms with Crippen LogP contribution in [-0.4, -0.2) is 48.8 Å². The van der Waals surface area contributed by atoms with E-state index in [1.807, 2.05) is 24.5 Å². The van der Waals surface area contributed by atoms with Crippen LogP contribution in [0.15, 0.2) is 24.5 Å². The Morgan fingerprint density at radius 2 is 1.65 bits per heavy atom. The standard InChI is InChI=1S/C11H19N3O2S/c1-12(2)17(15,16)14-9-5-11(6-10-14)13-7-3-4-8-13/h3-4,7-8,11H,5-6,9-10H2,1-2H3. The van der Waals surface area contributed by atoms with Gasteiger partial charge in [0.15, 0.2) is 0 Å². The largest absolute Gasteiger partial charge is 0.351 e. The Balaban J connectivity index is 1.99. The normalized spacial score (nSPS) is 19.9. The van der Waals surface area contributed by atoms with Crippen LogP contribution in [0.4, 0.5) is 0 Å². The van der Waals surface area contributed by atoms with Gasteiger partial charge in [0.2, 0.25) is 0 Å². The molecule has 0 unspecified atom stereocenters. The van der Waals surface area contributed by atoms with E-state index in [0.29, 0.717) is 19.1 Å². The van der Waals surface area contributed by atoms with Crippen LogP contribution < -0.4 is 0 Å². The van der Waals surface area contributed by atoms with E-state index in [9.17, 15) is 8.42 Å². The zero-order chi connectivity index (χ0) is 12.5. The quantitative estimate of drug-likeness (QED) is 0.808. The Kier molecular flexibility index (Phi) is 3.56. The summed E-state index contributed by atoms with van der Waals surface area (Å²) in [5, 5.41) is 0. The van der Waals surface area contributed by atoms with Crippen molar-refractivity contribution in [3.8, 4) is 0 Å². The third kappa shape index (κ3) is 2.53. The van der Waals surface area contributed by atoms with Gasteiger partial charge in [0.05, 0.1) is 0 Å². The first kappa shape index (κ1) is 12.6. The molecular formula is C11H19N3O2S. The molecule has 2 rings (SSSR count). The Labute approximate surface area is 103 Å². The third-order valence-electron chi connectivity index (χ3n) is 3.26. The molecule has 0 aliphatic carbocycles. The maximum Gasteiger partial charge on any atom is 0.281 e. The molecule has 17 heavy (non-hydrogen) atoms. The van der Waals surface area contributed by atoms with Crippen molar-refractivity contribution in [3.05, 3.63) is 24.5 Å². The molecule has 0 N–H and O–H groups in total. The lowest BCUT2D eigenvalue weighted by molar-refractivity contribution is 0.263. The lowest BCUT2D eigenvalue weighted by atomic mass is 10.1. The zero-order valence-electron chi connectivity index (χ0n) is 10.3. The third-order valence-corrected chi connectivity index (χ3v) is 5.20. The van der Waals surface area contributed by atoms with Crippen LogP contribution >= 0.6 is 0 Å². The average Bonchev–Trinajstić information content (AvgIpc) is 2.82. The average molecular weight is 257 g/mol. The van der Waals surface area contributed by atoms with Crippen LogP contribution in [0.25, 0.3) is 0 Å². The van der Waals surface area contributed by atoms with Crippen molar-refractivity contribution in [1.82, 2.24) is 13.2 Å². The second-order valence-corrected chi connectivity index (χ2v) is 6.69. The molecule has 0 saturated carbocycles. The summed E-state index contributed by atoms with van der Waals surface area (Å²) >= 11 is 0. The summed E-state index contributed by atoms with van der Waals surface area (Å²) in [5.41, 5.74) is 0. The van der Waals surface area contributed by atoms with Gasteiger partial charge in [0.25, 0.3) is 10.2 Å². The van der Waals surface area contributed by atoms with Crippen LogP contribution in [0.5, 0.6) is 0 Å². The molecule has 0 aromatic carbocycles. The number of hydrogen-bond acceptors (Lipinski definition) is 2. The first-order valence-corrected chi connectivity index (χ1v) is 7.21. The fourth-order valence-electron chi connectivity index (χ4n) is 2.19. The van der Waals surface area contributed by atoms with Gasteiger partial charge < -0.3 is 4.57 Å². The summed E-state index contributed by atoms with van der Waals surface area (Å²) in [6.07, 6.45) is 5.84. The molecule has 1 aromatic rings. The van der Waals surface area contributed by atoms with Crippen molar-refractivity contribution in [1.29, 1.82) is 0 Å². The molecule has 0 radical (unpaired) electrons. The van der Waals surface area contributed by atoms with Gasteiger partial charge in [-0.3, -0.25) is 0 Å². The molecule has 1 saturated heterocycles. The number of aromatic nitrogens is 1. The highest BCUT2D eigenvalue weighted by Crippen LogP contribution is 2.24. The number of piperidine rings is 1. The van der Waals surface area contributed by atoms with Crippen molar-refractivity contribution in [2.45, 2.75) is 18.9 Å². The van der Waals surface area contributed by atoms with Crippen LogP contribution in [0, 0.1) is 0 Å². The summed E-state index contributed by atoms with van der Waals surface area (Å²) in [6.45, 7) is 1.20.